The summed E-state index contributed by atoms with van der Waals surface area (Å²) < 4.78 is 48.5. The number of rotatable bonds is 5. The van der Waals surface area contributed by atoms with Gasteiger partial charge in [0.2, 0.25) is 5.43 Å². The van der Waals surface area contributed by atoms with Gasteiger partial charge in [-0.05, 0) is 62.4 Å². The number of hydrogen-bond donors (Lipinski definition) is 0. The summed E-state index contributed by atoms with van der Waals surface area (Å²) in [6.07, 6.45) is -3.08. The molecule has 3 heterocycles. The highest BCUT2D eigenvalue weighted by Crippen LogP contribution is 2.43. The minimum atomic E-state index is -4.66. The molecule has 0 aliphatic heterocycles. The molecule has 3 aromatic heterocycles. The van der Waals surface area contributed by atoms with Crippen LogP contribution in [0.3, 0.4) is 0 Å². The average molecular weight is 640 g/mol. The summed E-state index contributed by atoms with van der Waals surface area (Å²) in [5.74, 6) is 0.0455. The lowest BCUT2D eigenvalue weighted by molar-refractivity contribution is -0.137. The third kappa shape index (κ3) is 5.11. The molecule has 0 saturated carbocycles. The van der Waals surface area contributed by atoms with E-state index < -0.39 is 22.6 Å². The fourth-order valence-electron chi connectivity index (χ4n) is 5.09. The van der Waals surface area contributed by atoms with Crippen LogP contribution >= 0.6 is 23.1 Å². The van der Waals surface area contributed by atoms with E-state index in [9.17, 15) is 22.8 Å². The third-order valence-corrected chi connectivity index (χ3v) is 9.05. The lowest BCUT2D eigenvalue weighted by atomic mass is 10.1. The first kappa shape index (κ1) is 28.7. The third-order valence-electron chi connectivity index (χ3n) is 7.42. The van der Waals surface area contributed by atoms with Crippen molar-refractivity contribution < 1.29 is 13.2 Å². The van der Waals surface area contributed by atoms with Crippen molar-refractivity contribution in [1.29, 1.82) is 0 Å². The molecule has 0 saturated heterocycles. The number of aromatic nitrogens is 3. The Balaban J connectivity index is 1.32. The Morgan fingerprint density at radius 1 is 0.756 bits per heavy atom. The first-order chi connectivity index (χ1) is 21.6. The highest BCUT2D eigenvalue weighted by molar-refractivity contribution is 7.19. The number of thiophene rings is 1. The van der Waals surface area contributed by atoms with E-state index >= 15 is 0 Å². The van der Waals surface area contributed by atoms with Crippen molar-refractivity contribution in [3.63, 3.8) is 0 Å². The maximum absolute atomic E-state index is 13.2. The van der Waals surface area contributed by atoms with Gasteiger partial charge in [0.1, 0.15) is 21.4 Å². The van der Waals surface area contributed by atoms with Crippen LogP contribution in [0.2, 0.25) is 0 Å². The van der Waals surface area contributed by atoms with E-state index in [-0.39, 0.29) is 21.9 Å². The Morgan fingerprint density at radius 2 is 1.40 bits per heavy atom. The molecule has 0 bridgehead atoms. The van der Waals surface area contributed by atoms with Crippen LogP contribution in [0.25, 0.3) is 32.2 Å². The predicted molar refractivity (Wildman–Crippen MR) is 172 cm³/mol. The summed E-state index contributed by atoms with van der Waals surface area (Å²) in [5, 5.41) is 0.373. The van der Waals surface area contributed by atoms with Crippen LogP contribution in [0.15, 0.2) is 99.6 Å². The Hall–Kier alpha value is -5.07. The Kier molecular flexibility index (Phi) is 6.90. The predicted octanol–water partition coefficient (Wildman–Crippen LogP) is 7.90. The van der Waals surface area contributed by atoms with E-state index in [0.717, 1.165) is 56.2 Å². The number of anilines is 3. The second kappa shape index (κ2) is 10.8. The molecule has 0 aliphatic rings. The van der Waals surface area contributed by atoms with E-state index in [1.807, 2.05) is 26.0 Å². The van der Waals surface area contributed by atoms with E-state index in [0.29, 0.717) is 22.7 Å². The molecule has 0 fully saturated rings. The van der Waals surface area contributed by atoms with Gasteiger partial charge in [-0.15, -0.1) is 11.3 Å². The number of halogens is 3. The fraction of sp³-hybridized carbons (Fsp3) is 0.0909. The summed E-state index contributed by atoms with van der Waals surface area (Å²) in [6.45, 7) is 4.08. The topological polar surface area (TPSA) is 88.4 Å². The van der Waals surface area contributed by atoms with Crippen molar-refractivity contribution in [3.05, 3.63) is 128 Å². The number of hydrogen-bond acceptors (Lipinski definition) is 9. The van der Waals surface area contributed by atoms with Crippen LogP contribution in [0.5, 0.6) is 0 Å². The van der Waals surface area contributed by atoms with Gasteiger partial charge in [0.05, 0.1) is 17.3 Å². The molecule has 222 valence electrons. The minimum Gasteiger partial charge on any atom is -0.302 e. The molecular weight excluding hydrogens is 620 g/mol. The molecule has 0 amide bonds. The van der Waals surface area contributed by atoms with Crippen molar-refractivity contribution in [2.75, 3.05) is 4.90 Å². The van der Waals surface area contributed by atoms with Crippen molar-refractivity contribution >= 4 is 67.1 Å². The molecule has 0 atom stereocenters. The van der Waals surface area contributed by atoms with Gasteiger partial charge in [-0.25, -0.2) is 9.98 Å². The van der Waals surface area contributed by atoms with Crippen LogP contribution in [-0.2, 0) is 6.18 Å². The lowest BCUT2D eigenvalue weighted by Crippen LogP contribution is -2.30. The van der Waals surface area contributed by atoms with Crippen molar-refractivity contribution in [2.24, 2.45) is 4.99 Å². The van der Waals surface area contributed by atoms with Crippen molar-refractivity contribution in [3.8, 4) is 10.4 Å². The molecule has 4 aromatic carbocycles. The van der Waals surface area contributed by atoms with E-state index in [1.165, 1.54) is 0 Å². The normalized spacial score (nSPS) is 12.4. The second-order valence-corrected chi connectivity index (χ2v) is 12.1. The fourth-order valence-corrected chi connectivity index (χ4v) is 6.71. The van der Waals surface area contributed by atoms with E-state index in [1.54, 1.807) is 17.5 Å². The van der Waals surface area contributed by atoms with Crippen LogP contribution in [0.1, 0.15) is 16.7 Å². The van der Waals surface area contributed by atoms with Crippen LogP contribution in [-0.4, -0.2) is 13.7 Å². The Bertz CT molecular complexity index is 2340. The first-order valence-electron chi connectivity index (χ1n) is 13.6. The highest BCUT2D eigenvalue weighted by atomic mass is 32.1. The molecule has 7 aromatic rings. The Morgan fingerprint density at radius 3 is 2.04 bits per heavy atom. The SMILES string of the molecule is Cc1ccc(N(c2ccc(C)cc2)c2ccc(-c3cnc(N=c4c(=O)c(=O)c5cc(C(F)(F)F)ccc45)c4nsnc34)s2)cc1. The standard InChI is InChI=1S/C33H20F3N5O2S2/c1-17-3-8-20(9-4-17)41(21-10-5-18(2)6-11-21)26-14-13-25(44-26)24-16-37-32(29-27(24)39-45-40-29)38-28-22-12-7-19(33(34,35)36)15-23(22)30(42)31(28)43/h3-16H,1-2H3. The van der Waals surface area contributed by atoms with E-state index in [2.05, 4.69) is 72.2 Å². The van der Waals surface area contributed by atoms with Gasteiger partial charge in [0.15, 0.2) is 5.82 Å². The summed E-state index contributed by atoms with van der Waals surface area (Å²) in [4.78, 5) is 37.2. The zero-order valence-electron chi connectivity index (χ0n) is 23.6. The molecule has 0 N–H and O–H groups in total. The van der Waals surface area contributed by atoms with Crippen LogP contribution in [0.4, 0.5) is 35.4 Å². The lowest BCUT2D eigenvalue weighted by Gasteiger charge is -2.24. The number of aryl methyl sites for hydroxylation is 2. The van der Waals surface area contributed by atoms with Gasteiger partial charge in [-0.1, -0.05) is 41.5 Å². The molecule has 0 aliphatic carbocycles. The van der Waals surface area contributed by atoms with Gasteiger partial charge >= 0.3 is 6.18 Å². The number of benzene rings is 3. The number of fused-ring (bicyclic) bond motifs is 2. The molecule has 12 heteroatoms. The zero-order valence-corrected chi connectivity index (χ0v) is 25.2. The molecule has 7 nitrogen and oxygen atoms in total. The molecule has 45 heavy (non-hydrogen) atoms. The zero-order chi connectivity index (χ0) is 31.5. The van der Waals surface area contributed by atoms with Gasteiger partial charge in [0, 0.05) is 38.8 Å². The number of pyridine rings is 1. The van der Waals surface area contributed by atoms with Gasteiger partial charge < -0.3 is 4.90 Å². The maximum atomic E-state index is 13.2. The number of nitrogens with zero attached hydrogens (tertiary/aromatic N) is 5. The first-order valence-corrected chi connectivity index (χ1v) is 15.2. The van der Waals surface area contributed by atoms with E-state index in [4.69, 9.17) is 0 Å². The second-order valence-electron chi connectivity index (χ2n) is 10.5. The monoisotopic (exact) mass is 639 g/mol. The van der Waals surface area contributed by atoms with Gasteiger partial charge in [0.25, 0.3) is 5.43 Å². The van der Waals surface area contributed by atoms with Crippen LogP contribution in [0, 0.1) is 13.8 Å². The van der Waals surface area contributed by atoms with Crippen molar-refractivity contribution in [2.45, 2.75) is 20.0 Å². The molecule has 0 spiro atoms. The average Bonchev–Trinajstić information content (AvgIpc) is 3.76. The van der Waals surface area contributed by atoms with Gasteiger partial charge in [-0.2, -0.15) is 21.9 Å². The molecule has 0 unspecified atom stereocenters. The summed E-state index contributed by atoms with van der Waals surface area (Å²) in [5.41, 5.74) is 2.77. The van der Waals surface area contributed by atoms with Crippen LogP contribution < -0.4 is 21.1 Å². The molecule has 0 radical (unpaired) electrons. The Labute approximate surface area is 261 Å². The quantitative estimate of drug-likeness (QED) is 0.178. The maximum Gasteiger partial charge on any atom is 0.416 e. The largest absolute Gasteiger partial charge is 0.416 e. The molecule has 7 rings (SSSR count). The number of alkyl halides is 3. The van der Waals surface area contributed by atoms with Crippen molar-refractivity contribution in [1.82, 2.24) is 13.7 Å². The summed E-state index contributed by atoms with van der Waals surface area (Å²) >= 11 is 2.48. The summed E-state index contributed by atoms with van der Waals surface area (Å²) in [6, 6.07) is 23.1. The smallest absolute Gasteiger partial charge is 0.302 e. The summed E-state index contributed by atoms with van der Waals surface area (Å²) in [7, 11) is 0. The molecular formula is C33H20F3N5O2S2. The minimum absolute atomic E-state index is 0.0235. The highest BCUT2D eigenvalue weighted by Gasteiger charge is 2.31. The van der Waals surface area contributed by atoms with Gasteiger partial charge in [-0.3, -0.25) is 9.59 Å².